The summed E-state index contributed by atoms with van der Waals surface area (Å²) >= 11 is 0. The van der Waals surface area contributed by atoms with Crippen LogP contribution in [0.25, 0.3) is 0 Å². The van der Waals surface area contributed by atoms with Crippen LogP contribution >= 0.6 is 0 Å². The first-order chi connectivity index (χ1) is 7.81. The molecule has 3 heteroatoms. The molecule has 2 aliphatic rings. The highest BCUT2D eigenvalue weighted by Gasteiger charge is 2.33. The Bertz CT molecular complexity index is 207. The SMILES string of the molecule is CN1CCCC2CN(CCCCN)CCC21. The first kappa shape index (κ1) is 12.3. The molecule has 0 radical (unpaired) electrons. The van der Waals surface area contributed by atoms with Crippen LogP contribution in [0.5, 0.6) is 0 Å². The number of piperidine rings is 2. The van der Waals surface area contributed by atoms with Gasteiger partial charge in [0.05, 0.1) is 0 Å². The van der Waals surface area contributed by atoms with Crippen molar-refractivity contribution in [2.24, 2.45) is 11.7 Å². The molecule has 2 heterocycles. The van der Waals surface area contributed by atoms with Gasteiger partial charge < -0.3 is 15.5 Å². The van der Waals surface area contributed by atoms with Crippen molar-refractivity contribution in [1.29, 1.82) is 0 Å². The molecule has 2 N–H and O–H groups in total. The highest BCUT2D eigenvalue weighted by atomic mass is 15.2. The zero-order chi connectivity index (χ0) is 11.4. The van der Waals surface area contributed by atoms with Crippen molar-refractivity contribution in [2.45, 2.75) is 38.1 Å². The van der Waals surface area contributed by atoms with E-state index >= 15 is 0 Å². The predicted molar refractivity (Wildman–Crippen MR) is 68.5 cm³/mol. The summed E-state index contributed by atoms with van der Waals surface area (Å²) < 4.78 is 0. The van der Waals surface area contributed by atoms with Gasteiger partial charge in [0, 0.05) is 12.6 Å². The van der Waals surface area contributed by atoms with Gasteiger partial charge in [-0.1, -0.05) is 0 Å². The maximum atomic E-state index is 5.54. The Hall–Kier alpha value is -0.120. The largest absolute Gasteiger partial charge is 0.330 e. The molecule has 0 aromatic rings. The summed E-state index contributed by atoms with van der Waals surface area (Å²) in [6.07, 6.45) is 6.69. The maximum absolute atomic E-state index is 5.54. The fraction of sp³-hybridized carbons (Fsp3) is 1.00. The quantitative estimate of drug-likeness (QED) is 0.728. The Balaban J connectivity index is 1.76. The molecule has 2 fully saturated rings. The molecule has 2 unspecified atom stereocenters. The van der Waals surface area contributed by atoms with Crippen LogP contribution in [0.4, 0.5) is 0 Å². The first-order valence-electron chi connectivity index (χ1n) is 6.94. The number of nitrogens with zero attached hydrogens (tertiary/aromatic N) is 2. The minimum atomic E-state index is 0.850. The van der Waals surface area contributed by atoms with Crippen LogP contribution in [0.1, 0.15) is 32.1 Å². The minimum absolute atomic E-state index is 0.850. The van der Waals surface area contributed by atoms with Crippen molar-refractivity contribution >= 4 is 0 Å². The van der Waals surface area contributed by atoms with Crippen molar-refractivity contribution in [3.63, 3.8) is 0 Å². The molecule has 3 nitrogen and oxygen atoms in total. The highest BCUT2D eigenvalue weighted by molar-refractivity contribution is 4.89. The predicted octanol–water partition coefficient (Wildman–Crippen LogP) is 1.14. The Morgan fingerprint density at radius 2 is 2.06 bits per heavy atom. The van der Waals surface area contributed by atoms with Gasteiger partial charge in [-0.3, -0.25) is 0 Å². The molecule has 2 aliphatic heterocycles. The lowest BCUT2D eigenvalue weighted by molar-refractivity contribution is 0.0381. The molecule has 16 heavy (non-hydrogen) atoms. The molecule has 0 spiro atoms. The number of nitrogens with two attached hydrogens (primary N) is 1. The molecule has 94 valence electrons. The molecule has 0 amide bonds. The van der Waals surface area contributed by atoms with Gasteiger partial charge in [-0.15, -0.1) is 0 Å². The summed E-state index contributed by atoms with van der Waals surface area (Å²) in [6.45, 7) is 6.07. The van der Waals surface area contributed by atoms with Gasteiger partial charge in [-0.2, -0.15) is 0 Å². The minimum Gasteiger partial charge on any atom is -0.330 e. The third-order valence-corrected chi connectivity index (χ3v) is 4.36. The number of hydrogen-bond acceptors (Lipinski definition) is 3. The lowest BCUT2D eigenvalue weighted by Gasteiger charge is -2.46. The van der Waals surface area contributed by atoms with Crippen LogP contribution in [0.15, 0.2) is 0 Å². The molecule has 0 saturated carbocycles. The van der Waals surface area contributed by atoms with Crippen LogP contribution in [0.3, 0.4) is 0 Å². The second-order valence-corrected chi connectivity index (χ2v) is 5.54. The lowest BCUT2D eigenvalue weighted by atomic mass is 9.84. The summed E-state index contributed by atoms with van der Waals surface area (Å²) in [7, 11) is 2.31. The Morgan fingerprint density at radius 1 is 1.19 bits per heavy atom. The third-order valence-electron chi connectivity index (χ3n) is 4.36. The van der Waals surface area contributed by atoms with E-state index in [0.717, 1.165) is 18.5 Å². The number of hydrogen-bond donors (Lipinski definition) is 1. The normalized spacial score (nSPS) is 32.6. The Labute approximate surface area is 100.0 Å². The van der Waals surface area contributed by atoms with Crippen LogP contribution in [-0.2, 0) is 0 Å². The zero-order valence-electron chi connectivity index (χ0n) is 10.7. The van der Waals surface area contributed by atoms with Gasteiger partial charge in [-0.05, 0) is 71.2 Å². The molecule has 2 atom stereocenters. The average molecular weight is 225 g/mol. The molecule has 2 rings (SSSR count). The van der Waals surface area contributed by atoms with Crippen molar-refractivity contribution in [1.82, 2.24) is 9.80 Å². The van der Waals surface area contributed by atoms with Crippen molar-refractivity contribution in [3.05, 3.63) is 0 Å². The summed E-state index contributed by atoms with van der Waals surface area (Å²) in [6, 6.07) is 0.875. The van der Waals surface area contributed by atoms with E-state index in [9.17, 15) is 0 Å². The molecule has 2 saturated heterocycles. The molecule has 0 aromatic carbocycles. The van der Waals surface area contributed by atoms with E-state index in [0.29, 0.717) is 0 Å². The molecule has 0 bridgehead atoms. The maximum Gasteiger partial charge on any atom is 0.0145 e. The Kier molecular flexibility index (Phi) is 4.62. The highest BCUT2D eigenvalue weighted by Crippen LogP contribution is 2.29. The monoisotopic (exact) mass is 225 g/mol. The van der Waals surface area contributed by atoms with Crippen molar-refractivity contribution < 1.29 is 0 Å². The van der Waals surface area contributed by atoms with E-state index in [1.54, 1.807) is 0 Å². The van der Waals surface area contributed by atoms with Crippen LogP contribution in [0.2, 0.25) is 0 Å². The lowest BCUT2D eigenvalue weighted by Crippen LogP contribution is -2.52. The van der Waals surface area contributed by atoms with Crippen molar-refractivity contribution in [3.8, 4) is 0 Å². The van der Waals surface area contributed by atoms with Crippen molar-refractivity contribution in [2.75, 3.05) is 39.8 Å². The van der Waals surface area contributed by atoms with Gasteiger partial charge in [0.25, 0.3) is 0 Å². The number of rotatable bonds is 4. The van der Waals surface area contributed by atoms with Gasteiger partial charge in [0.1, 0.15) is 0 Å². The van der Waals surface area contributed by atoms with E-state index < -0.39 is 0 Å². The second-order valence-electron chi connectivity index (χ2n) is 5.54. The van der Waals surface area contributed by atoms with Gasteiger partial charge in [-0.25, -0.2) is 0 Å². The number of likely N-dealkylation sites (tertiary alicyclic amines) is 2. The van der Waals surface area contributed by atoms with Crippen LogP contribution < -0.4 is 5.73 Å². The molecular weight excluding hydrogens is 198 g/mol. The van der Waals surface area contributed by atoms with Crippen LogP contribution in [-0.4, -0.2) is 55.6 Å². The summed E-state index contributed by atoms with van der Waals surface area (Å²) in [5, 5.41) is 0. The van der Waals surface area contributed by atoms with E-state index in [-0.39, 0.29) is 0 Å². The smallest absolute Gasteiger partial charge is 0.0145 e. The molecule has 0 aromatic heterocycles. The van der Waals surface area contributed by atoms with Crippen LogP contribution in [0, 0.1) is 5.92 Å². The van der Waals surface area contributed by atoms with Gasteiger partial charge >= 0.3 is 0 Å². The zero-order valence-corrected chi connectivity index (χ0v) is 10.7. The number of unbranched alkanes of at least 4 members (excludes halogenated alkanes) is 1. The van der Waals surface area contributed by atoms with Gasteiger partial charge in [0.2, 0.25) is 0 Å². The fourth-order valence-electron chi connectivity index (χ4n) is 3.41. The fourth-order valence-corrected chi connectivity index (χ4v) is 3.41. The van der Waals surface area contributed by atoms with E-state index in [1.165, 1.54) is 58.3 Å². The second kappa shape index (κ2) is 5.99. The van der Waals surface area contributed by atoms with E-state index in [4.69, 9.17) is 5.73 Å². The average Bonchev–Trinajstić information content (AvgIpc) is 2.30. The topological polar surface area (TPSA) is 32.5 Å². The summed E-state index contributed by atoms with van der Waals surface area (Å²) in [5.74, 6) is 0.936. The molecule has 0 aliphatic carbocycles. The molecular formula is C13H27N3. The van der Waals surface area contributed by atoms with E-state index in [1.807, 2.05) is 0 Å². The summed E-state index contributed by atoms with van der Waals surface area (Å²) in [4.78, 5) is 5.25. The van der Waals surface area contributed by atoms with Gasteiger partial charge in [0.15, 0.2) is 0 Å². The first-order valence-corrected chi connectivity index (χ1v) is 6.94. The van der Waals surface area contributed by atoms with E-state index in [2.05, 4.69) is 16.8 Å². The third kappa shape index (κ3) is 2.96. The Morgan fingerprint density at radius 3 is 2.88 bits per heavy atom. The summed E-state index contributed by atoms with van der Waals surface area (Å²) in [5.41, 5.74) is 5.54. The number of fused-ring (bicyclic) bond motifs is 1. The standard InChI is InChI=1S/C13H27N3/c1-15-8-4-5-12-11-16(9-3-2-7-14)10-6-13(12)15/h12-13H,2-11,14H2,1H3.